The molecule has 1 aliphatic heterocycles. The molecule has 0 unspecified atom stereocenters. The van der Waals surface area contributed by atoms with Crippen LogP contribution in [0, 0.1) is 18.3 Å². The van der Waals surface area contributed by atoms with Gasteiger partial charge in [-0.3, -0.25) is 4.79 Å². The van der Waals surface area contributed by atoms with Gasteiger partial charge in [-0.1, -0.05) is 42.6 Å². The molecule has 3 aromatic rings. The highest BCUT2D eigenvalue weighted by atomic mass is 16.5. The highest BCUT2D eigenvalue weighted by molar-refractivity contribution is 5.95. The van der Waals surface area contributed by atoms with Crippen LogP contribution in [-0.4, -0.2) is 46.1 Å². The van der Waals surface area contributed by atoms with Gasteiger partial charge in [0.2, 0.25) is 11.7 Å². The van der Waals surface area contributed by atoms with Gasteiger partial charge in [0.25, 0.3) is 5.91 Å². The van der Waals surface area contributed by atoms with Gasteiger partial charge >= 0.3 is 0 Å². The van der Waals surface area contributed by atoms with Crippen LogP contribution in [0.4, 0.5) is 0 Å². The van der Waals surface area contributed by atoms with Crippen LogP contribution in [0.25, 0.3) is 11.4 Å². The second-order valence-electron chi connectivity index (χ2n) is 10.2. The summed E-state index contributed by atoms with van der Waals surface area (Å²) >= 11 is 0. The summed E-state index contributed by atoms with van der Waals surface area (Å²) in [6.45, 7) is 4.71. The van der Waals surface area contributed by atoms with Gasteiger partial charge in [-0.25, -0.2) is 0 Å². The van der Waals surface area contributed by atoms with Crippen molar-refractivity contribution in [3.63, 3.8) is 0 Å². The lowest BCUT2D eigenvalue weighted by atomic mass is 9.79. The maximum atomic E-state index is 13.4. The Kier molecular flexibility index (Phi) is 7.15. The van der Waals surface area contributed by atoms with E-state index < -0.39 is 0 Å². The molecule has 2 aromatic carbocycles. The zero-order chi connectivity index (χ0) is 25.0. The summed E-state index contributed by atoms with van der Waals surface area (Å²) < 4.78 is 5.11. The van der Waals surface area contributed by atoms with Crippen molar-refractivity contribution in [3.05, 3.63) is 70.6 Å². The standard InChI is InChI=1S/C29H33N5O2/c1-21-31-27(33-36-21)25-6-5-7-26(19-25)28(35)32-29(12-3-2-4-13-29)14-17-34-15-10-23-9-8-22(20-30)18-24(23)11-16-34/h5-9,18-19H,2-4,10-17H2,1H3,(H,32,35). The maximum Gasteiger partial charge on any atom is 0.251 e. The molecular formula is C29H33N5O2. The number of rotatable bonds is 6. The molecule has 7 nitrogen and oxygen atoms in total. The summed E-state index contributed by atoms with van der Waals surface area (Å²) in [6, 6.07) is 15.8. The molecule has 0 bridgehead atoms. The fourth-order valence-electron chi connectivity index (χ4n) is 5.63. The topological polar surface area (TPSA) is 95.1 Å². The summed E-state index contributed by atoms with van der Waals surface area (Å²) in [5.41, 5.74) is 4.62. The predicted octanol–water partition coefficient (Wildman–Crippen LogP) is 4.84. The first-order valence-corrected chi connectivity index (χ1v) is 13.0. The molecule has 2 aliphatic rings. The van der Waals surface area contributed by atoms with E-state index >= 15 is 0 Å². The lowest BCUT2D eigenvalue weighted by Gasteiger charge is -2.39. The van der Waals surface area contributed by atoms with Crippen LogP contribution in [0.15, 0.2) is 47.0 Å². The number of amides is 1. The van der Waals surface area contributed by atoms with Gasteiger partial charge < -0.3 is 14.7 Å². The Bertz CT molecular complexity index is 1270. The van der Waals surface area contributed by atoms with E-state index in [4.69, 9.17) is 4.52 Å². The van der Waals surface area contributed by atoms with Crippen molar-refractivity contribution >= 4 is 5.91 Å². The highest BCUT2D eigenvalue weighted by Gasteiger charge is 2.34. The van der Waals surface area contributed by atoms with E-state index in [9.17, 15) is 10.1 Å². The van der Waals surface area contributed by atoms with Gasteiger partial charge in [0, 0.05) is 43.2 Å². The molecule has 1 saturated carbocycles. The Morgan fingerprint density at radius 2 is 1.92 bits per heavy atom. The van der Waals surface area contributed by atoms with Crippen LogP contribution in [0.2, 0.25) is 0 Å². The minimum absolute atomic E-state index is 0.0359. The van der Waals surface area contributed by atoms with Crippen molar-refractivity contribution in [2.45, 2.75) is 63.8 Å². The molecule has 1 aliphatic carbocycles. The van der Waals surface area contributed by atoms with Gasteiger partial charge in [-0.05, 0) is 67.5 Å². The number of carbonyl (C=O) groups is 1. The molecule has 1 fully saturated rings. The highest BCUT2D eigenvalue weighted by Crippen LogP contribution is 2.32. The zero-order valence-electron chi connectivity index (χ0n) is 20.9. The van der Waals surface area contributed by atoms with Crippen LogP contribution in [-0.2, 0) is 12.8 Å². The molecule has 0 radical (unpaired) electrons. The van der Waals surface area contributed by atoms with Gasteiger partial charge in [0.1, 0.15) is 0 Å². The molecule has 5 rings (SSSR count). The quantitative estimate of drug-likeness (QED) is 0.539. The van der Waals surface area contributed by atoms with E-state index in [1.54, 1.807) is 6.92 Å². The second-order valence-corrected chi connectivity index (χ2v) is 10.2. The predicted molar refractivity (Wildman–Crippen MR) is 137 cm³/mol. The molecule has 186 valence electrons. The van der Waals surface area contributed by atoms with E-state index in [1.165, 1.54) is 17.5 Å². The Labute approximate surface area is 212 Å². The van der Waals surface area contributed by atoms with Crippen molar-refractivity contribution in [1.29, 1.82) is 5.26 Å². The smallest absolute Gasteiger partial charge is 0.251 e. The molecule has 1 amide bonds. The molecule has 2 heterocycles. The number of hydrogen-bond donors (Lipinski definition) is 1. The third-order valence-electron chi connectivity index (χ3n) is 7.74. The van der Waals surface area contributed by atoms with E-state index in [1.807, 2.05) is 36.4 Å². The van der Waals surface area contributed by atoms with Crippen LogP contribution in [0.3, 0.4) is 0 Å². The number of fused-ring (bicyclic) bond motifs is 1. The average molecular weight is 484 g/mol. The molecule has 1 N–H and O–H groups in total. The fourth-order valence-corrected chi connectivity index (χ4v) is 5.63. The SMILES string of the molecule is Cc1nc(-c2cccc(C(=O)NC3(CCN4CCc5ccc(C#N)cc5CC4)CCCCC3)c2)no1. The third kappa shape index (κ3) is 5.50. The molecule has 0 spiro atoms. The first kappa shape index (κ1) is 24.2. The zero-order valence-corrected chi connectivity index (χ0v) is 20.9. The van der Waals surface area contributed by atoms with E-state index in [2.05, 4.69) is 32.5 Å². The summed E-state index contributed by atoms with van der Waals surface area (Å²) in [7, 11) is 0. The van der Waals surface area contributed by atoms with E-state index in [0.29, 0.717) is 17.3 Å². The number of nitriles is 1. The maximum absolute atomic E-state index is 13.4. The number of aromatic nitrogens is 2. The van der Waals surface area contributed by atoms with Crippen molar-refractivity contribution in [2.24, 2.45) is 0 Å². The summed E-state index contributed by atoms with van der Waals surface area (Å²) in [5.74, 6) is 0.966. The largest absolute Gasteiger partial charge is 0.347 e. The van der Waals surface area contributed by atoms with Crippen molar-refractivity contribution in [1.82, 2.24) is 20.4 Å². The Morgan fingerprint density at radius 3 is 2.67 bits per heavy atom. The number of benzene rings is 2. The normalized spacial score (nSPS) is 17.6. The summed E-state index contributed by atoms with van der Waals surface area (Å²) in [4.78, 5) is 20.2. The molecular weight excluding hydrogens is 450 g/mol. The minimum Gasteiger partial charge on any atom is -0.347 e. The molecule has 0 atom stereocenters. The van der Waals surface area contributed by atoms with Crippen LogP contribution < -0.4 is 5.32 Å². The first-order valence-electron chi connectivity index (χ1n) is 13.0. The first-order chi connectivity index (χ1) is 17.5. The molecule has 1 aromatic heterocycles. The van der Waals surface area contributed by atoms with Gasteiger partial charge in [0.15, 0.2) is 0 Å². The molecule has 0 saturated heterocycles. The number of nitrogens with one attached hydrogen (secondary N) is 1. The van der Waals surface area contributed by atoms with Crippen molar-refractivity contribution in [2.75, 3.05) is 19.6 Å². The number of aryl methyl sites for hydroxylation is 1. The van der Waals surface area contributed by atoms with Gasteiger partial charge in [0.05, 0.1) is 11.6 Å². The van der Waals surface area contributed by atoms with Crippen LogP contribution in [0.5, 0.6) is 0 Å². The van der Waals surface area contributed by atoms with Crippen molar-refractivity contribution < 1.29 is 9.32 Å². The number of hydrogen-bond acceptors (Lipinski definition) is 6. The Morgan fingerprint density at radius 1 is 1.11 bits per heavy atom. The Hall–Kier alpha value is -3.50. The summed E-state index contributed by atoms with van der Waals surface area (Å²) in [5, 5.41) is 16.7. The number of nitrogens with zero attached hydrogens (tertiary/aromatic N) is 4. The monoisotopic (exact) mass is 483 g/mol. The lowest BCUT2D eigenvalue weighted by Crippen LogP contribution is -2.51. The van der Waals surface area contributed by atoms with Crippen LogP contribution in [0.1, 0.15) is 71.5 Å². The second kappa shape index (κ2) is 10.6. The fraction of sp³-hybridized carbons (Fsp3) is 0.448. The molecule has 36 heavy (non-hydrogen) atoms. The third-order valence-corrected chi connectivity index (χ3v) is 7.74. The average Bonchev–Trinajstić information content (AvgIpc) is 3.24. The van der Waals surface area contributed by atoms with Gasteiger partial charge in [-0.2, -0.15) is 10.2 Å². The molecule has 7 heteroatoms. The minimum atomic E-state index is -0.179. The Balaban J connectivity index is 1.25. The van der Waals surface area contributed by atoms with Crippen LogP contribution >= 0.6 is 0 Å². The van der Waals surface area contributed by atoms with E-state index in [0.717, 1.165) is 75.7 Å². The van der Waals surface area contributed by atoms with Crippen molar-refractivity contribution in [3.8, 4) is 17.5 Å². The van der Waals surface area contributed by atoms with E-state index in [-0.39, 0.29) is 11.4 Å². The number of carbonyl (C=O) groups excluding carboxylic acids is 1. The lowest BCUT2D eigenvalue weighted by molar-refractivity contribution is 0.0844. The van der Waals surface area contributed by atoms with Gasteiger partial charge in [-0.15, -0.1) is 0 Å². The summed E-state index contributed by atoms with van der Waals surface area (Å²) in [6.07, 6.45) is 8.46.